The first-order valence-corrected chi connectivity index (χ1v) is 3.22. The van der Waals surface area contributed by atoms with Crippen LogP contribution in [0.1, 0.15) is 16.2 Å². The predicted octanol–water partition coefficient (Wildman–Crippen LogP) is 0.487. The Morgan fingerprint density at radius 2 is 2.07 bits per heavy atom. The third kappa shape index (κ3) is 2.09. The van der Waals surface area contributed by atoms with Gasteiger partial charge in [0.25, 0.3) is 0 Å². The molecule has 0 radical (unpaired) electrons. The Kier molecular flexibility index (Phi) is 2.28. The molecular weight excluding hydrogens is 205 g/mol. The van der Waals surface area contributed by atoms with Gasteiger partial charge in [-0.2, -0.15) is 18.2 Å². The summed E-state index contributed by atoms with van der Waals surface area (Å²) in [7, 11) is 0. The van der Waals surface area contributed by atoms with Crippen molar-refractivity contribution in [1.29, 1.82) is 0 Å². The lowest BCUT2D eigenvalue weighted by atomic mass is 10.3. The molecule has 0 saturated carbocycles. The number of aromatic nitrogens is 2. The van der Waals surface area contributed by atoms with Gasteiger partial charge in [-0.3, -0.25) is 0 Å². The van der Waals surface area contributed by atoms with Gasteiger partial charge >= 0.3 is 17.8 Å². The first kappa shape index (κ1) is 10.2. The maximum Gasteiger partial charge on any atom is 0.431 e. The second kappa shape index (κ2) is 3.13. The van der Waals surface area contributed by atoms with Crippen LogP contribution < -0.4 is 5.69 Å². The molecule has 14 heavy (non-hydrogen) atoms. The molecular formula is C6H3F3N2O3. The van der Waals surface area contributed by atoms with Crippen LogP contribution in [0.3, 0.4) is 0 Å². The molecule has 0 bridgehead atoms. The van der Waals surface area contributed by atoms with Gasteiger partial charge in [0.2, 0.25) is 0 Å². The van der Waals surface area contributed by atoms with E-state index in [4.69, 9.17) is 5.11 Å². The zero-order valence-corrected chi connectivity index (χ0v) is 6.42. The highest BCUT2D eigenvalue weighted by Gasteiger charge is 2.33. The number of alkyl halides is 3. The van der Waals surface area contributed by atoms with Gasteiger partial charge in [-0.1, -0.05) is 0 Å². The highest BCUT2D eigenvalue weighted by Crippen LogP contribution is 2.26. The number of halogens is 3. The molecule has 0 spiro atoms. The van der Waals surface area contributed by atoms with Gasteiger partial charge in [0.15, 0.2) is 5.69 Å². The van der Waals surface area contributed by atoms with E-state index in [1.165, 1.54) is 4.98 Å². The molecule has 1 aromatic rings. The summed E-state index contributed by atoms with van der Waals surface area (Å²) in [6.45, 7) is 0. The van der Waals surface area contributed by atoms with Crippen molar-refractivity contribution in [2.75, 3.05) is 0 Å². The van der Waals surface area contributed by atoms with Crippen molar-refractivity contribution in [3.05, 3.63) is 27.9 Å². The van der Waals surface area contributed by atoms with Crippen LogP contribution in [0.25, 0.3) is 0 Å². The van der Waals surface area contributed by atoms with Crippen molar-refractivity contribution in [3.8, 4) is 0 Å². The summed E-state index contributed by atoms with van der Waals surface area (Å²) in [4.78, 5) is 25.0. The summed E-state index contributed by atoms with van der Waals surface area (Å²) in [5, 5.41) is 8.32. The number of aromatic amines is 1. The van der Waals surface area contributed by atoms with Gasteiger partial charge in [0.1, 0.15) is 5.69 Å². The number of carbonyl (C=O) groups is 1. The summed E-state index contributed by atoms with van der Waals surface area (Å²) in [5.74, 6) is -1.69. The number of nitrogens with one attached hydrogen (secondary N) is 1. The van der Waals surface area contributed by atoms with Crippen molar-refractivity contribution in [2.24, 2.45) is 0 Å². The summed E-state index contributed by atoms with van der Waals surface area (Å²) in [5.41, 5.74) is -3.73. The lowest BCUT2D eigenvalue weighted by Crippen LogP contribution is -2.22. The Bertz CT molecular complexity index is 423. The van der Waals surface area contributed by atoms with E-state index in [9.17, 15) is 22.8 Å². The van der Waals surface area contributed by atoms with E-state index in [0.29, 0.717) is 0 Å². The number of rotatable bonds is 1. The lowest BCUT2D eigenvalue weighted by Gasteiger charge is -2.05. The minimum atomic E-state index is -4.80. The molecule has 0 aliphatic carbocycles. The number of aromatic carboxylic acids is 1. The molecule has 0 aromatic carbocycles. The van der Waals surface area contributed by atoms with Crippen LogP contribution in [0, 0.1) is 0 Å². The van der Waals surface area contributed by atoms with Crippen LogP contribution in [0.2, 0.25) is 0 Å². The number of hydrogen-bond acceptors (Lipinski definition) is 3. The Morgan fingerprint density at radius 3 is 2.50 bits per heavy atom. The molecule has 0 aliphatic heterocycles. The molecule has 1 heterocycles. The second-order valence-electron chi connectivity index (χ2n) is 2.29. The standard InChI is InChI=1S/C6H3F3N2O3/c7-6(8,9)3-1-2(4(12)13)10-5(14)11-3/h1H,(H,12,13)(H,10,11,14). The predicted molar refractivity (Wildman–Crippen MR) is 36.8 cm³/mol. The second-order valence-corrected chi connectivity index (χ2v) is 2.29. The van der Waals surface area contributed by atoms with Crippen molar-refractivity contribution in [1.82, 2.24) is 9.97 Å². The smallest absolute Gasteiger partial charge is 0.431 e. The van der Waals surface area contributed by atoms with Crippen LogP contribution in [0.4, 0.5) is 13.2 Å². The normalized spacial score (nSPS) is 11.4. The Morgan fingerprint density at radius 1 is 1.50 bits per heavy atom. The zero-order chi connectivity index (χ0) is 10.9. The Hall–Kier alpha value is -1.86. The first-order chi connectivity index (χ1) is 6.30. The van der Waals surface area contributed by atoms with E-state index in [2.05, 4.69) is 4.98 Å². The van der Waals surface area contributed by atoms with Gasteiger partial charge in [-0.15, -0.1) is 0 Å². The van der Waals surface area contributed by atoms with Gasteiger partial charge in [-0.25, -0.2) is 9.59 Å². The van der Waals surface area contributed by atoms with E-state index >= 15 is 0 Å². The summed E-state index contributed by atoms with van der Waals surface area (Å²) < 4.78 is 36.1. The number of H-pyrrole nitrogens is 1. The average Bonchev–Trinajstić information content (AvgIpc) is 2.01. The molecule has 0 amide bonds. The molecule has 1 rings (SSSR count). The fourth-order valence-corrected chi connectivity index (χ4v) is 0.720. The van der Waals surface area contributed by atoms with Crippen LogP contribution in [0.15, 0.2) is 10.9 Å². The Balaban J connectivity index is 3.35. The summed E-state index contributed by atoms with van der Waals surface area (Å²) >= 11 is 0. The fraction of sp³-hybridized carbons (Fsp3) is 0.167. The molecule has 8 heteroatoms. The van der Waals surface area contributed by atoms with Gasteiger partial charge < -0.3 is 10.1 Å². The molecule has 2 N–H and O–H groups in total. The Labute approximate surface area is 74.2 Å². The molecule has 0 fully saturated rings. The minimum absolute atomic E-state index is 0.254. The third-order valence-electron chi connectivity index (χ3n) is 1.27. The van der Waals surface area contributed by atoms with E-state index in [0.717, 1.165) is 0 Å². The maximum absolute atomic E-state index is 12.0. The van der Waals surface area contributed by atoms with Crippen molar-refractivity contribution in [3.63, 3.8) is 0 Å². The summed E-state index contributed by atoms with van der Waals surface area (Å²) in [6.07, 6.45) is -4.80. The average molecular weight is 208 g/mol. The number of nitrogens with zero attached hydrogens (tertiary/aromatic N) is 1. The van der Waals surface area contributed by atoms with Crippen LogP contribution in [0.5, 0.6) is 0 Å². The van der Waals surface area contributed by atoms with Crippen LogP contribution in [-0.4, -0.2) is 21.0 Å². The molecule has 0 unspecified atom stereocenters. The van der Waals surface area contributed by atoms with Crippen molar-refractivity contribution >= 4 is 5.97 Å². The highest BCUT2D eigenvalue weighted by atomic mass is 19.4. The third-order valence-corrected chi connectivity index (χ3v) is 1.27. The fourth-order valence-electron chi connectivity index (χ4n) is 0.720. The van der Waals surface area contributed by atoms with E-state index < -0.39 is 29.2 Å². The van der Waals surface area contributed by atoms with Crippen LogP contribution >= 0.6 is 0 Å². The molecule has 0 atom stereocenters. The lowest BCUT2D eigenvalue weighted by molar-refractivity contribution is -0.141. The molecule has 0 saturated heterocycles. The largest absolute Gasteiger partial charge is 0.477 e. The van der Waals surface area contributed by atoms with Crippen molar-refractivity contribution < 1.29 is 23.1 Å². The minimum Gasteiger partial charge on any atom is -0.477 e. The van der Waals surface area contributed by atoms with Crippen molar-refractivity contribution in [2.45, 2.75) is 6.18 Å². The maximum atomic E-state index is 12.0. The monoisotopic (exact) mass is 208 g/mol. The zero-order valence-electron chi connectivity index (χ0n) is 6.42. The van der Waals surface area contributed by atoms with E-state index in [1.807, 2.05) is 0 Å². The molecule has 76 valence electrons. The van der Waals surface area contributed by atoms with Gasteiger partial charge in [0.05, 0.1) is 0 Å². The van der Waals surface area contributed by atoms with E-state index in [-0.39, 0.29) is 6.07 Å². The van der Waals surface area contributed by atoms with Crippen LogP contribution in [-0.2, 0) is 6.18 Å². The molecule has 0 aliphatic rings. The highest BCUT2D eigenvalue weighted by molar-refractivity contribution is 5.85. The van der Waals surface area contributed by atoms with Gasteiger partial charge in [-0.05, 0) is 0 Å². The number of hydrogen-bond donors (Lipinski definition) is 2. The first-order valence-electron chi connectivity index (χ1n) is 3.22. The summed E-state index contributed by atoms with van der Waals surface area (Å²) in [6, 6.07) is 0.254. The quantitative estimate of drug-likeness (QED) is 0.703. The van der Waals surface area contributed by atoms with Gasteiger partial charge in [0, 0.05) is 6.07 Å². The van der Waals surface area contributed by atoms with E-state index in [1.54, 1.807) is 0 Å². The number of carboxylic acid groups (broad SMARTS) is 1. The topological polar surface area (TPSA) is 83.0 Å². The molecule has 1 aromatic heterocycles. The SMILES string of the molecule is O=C(O)c1cc(C(F)(F)F)[nH]c(=O)n1. The number of carboxylic acids is 1. The molecule has 5 nitrogen and oxygen atoms in total.